The van der Waals surface area contributed by atoms with E-state index >= 15 is 0 Å². The SMILES string of the molecule is N#Cc1ccnc(Sc2nc(N)cc(=O)[nH]2)c1. The number of hydrogen-bond acceptors (Lipinski definition) is 6. The van der Waals surface area contributed by atoms with Gasteiger partial charge in [-0.2, -0.15) is 5.26 Å². The van der Waals surface area contributed by atoms with Crippen LogP contribution in [0.25, 0.3) is 0 Å². The van der Waals surface area contributed by atoms with Crippen molar-refractivity contribution >= 4 is 17.6 Å². The highest BCUT2D eigenvalue weighted by Crippen LogP contribution is 2.22. The van der Waals surface area contributed by atoms with Gasteiger partial charge in [-0.3, -0.25) is 4.79 Å². The number of nitrogens with one attached hydrogen (secondary N) is 1. The van der Waals surface area contributed by atoms with Crippen molar-refractivity contribution in [1.29, 1.82) is 5.26 Å². The van der Waals surface area contributed by atoms with Crippen LogP contribution in [0.3, 0.4) is 0 Å². The third kappa shape index (κ3) is 2.83. The molecule has 0 saturated carbocycles. The number of nitrogens with zero attached hydrogens (tertiary/aromatic N) is 3. The fraction of sp³-hybridized carbons (Fsp3) is 0. The molecule has 0 aromatic carbocycles. The van der Waals surface area contributed by atoms with E-state index in [4.69, 9.17) is 11.0 Å². The van der Waals surface area contributed by atoms with Crippen molar-refractivity contribution in [2.45, 2.75) is 10.2 Å². The van der Waals surface area contributed by atoms with E-state index in [9.17, 15) is 4.79 Å². The van der Waals surface area contributed by atoms with Crippen molar-refractivity contribution < 1.29 is 0 Å². The Balaban J connectivity index is 2.31. The average molecular weight is 245 g/mol. The molecule has 2 rings (SSSR count). The van der Waals surface area contributed by atoms with Crippen LogP contribution in [0.2, 0.25) is 0 Å². The highest BCUT2D eigenvalue weighted by Gasteiger charge is 2.03. The summed E-state index contributed by atoms with van der Waals surface area (Å²) in [5.74, 6) is 0.146. The van der Waals surface area contributed by atoms with Gasteiger partial charge in [-0.05, 0) is 23.9 Å². The zero-order chi connectivity index (χ0) is 12.3. The van der Waals surface area contributed by atoms with Crippen molar-refractivity contribution in [2.75, 3.05) is 5.73 Å². The molecular weight excluding hydrogens is 238 g/mol. The van der Waals surface area contributed by atoms with Crippen molar-refractivity contribution in [3.05, 3.63) is 40.3 Å². The molecule has 2 aromatic rings. The number of anilines is 1. The van der Waals surface area contributed by atoms with E-state index in [-0.39, 0.29) is 11.4 Å². The van der Waals surface area contributed by atoms with Crippen LogP contribution in [0.15, 0.2) is 39.4 Å². The molecule has 2 aromatic heterocycles. The summed E-state index contributed by atoms with van der Waals surface area (Å²) < 4.78 is 0. The van der Waals surface area contributed by atoms with Gasteiger partial charge in [0.2, 0.25) is 0 Å². The van der Waals surface area contributed by atoms with Crippen molar-refractivity contribution in [3.63, 3.8) is 0 Å². The van der Waals surface area contributed by atoms with Crippen LogP contribution in [-0.2, 0) is 0 Å². The minimum atomic E-state index is -0.323. The Morgan fingerprint density at radius 2 is 2.29 bits per heavy atom. The molecule has 0 radical (unpaired) electrons. The number of nitrogens with two attached hydrogens (primary N) is 1. The molecule has 84 valence electrons. The topological polar surface area (TPSA) is 108 Å². The molecule has 3 N–H and O–H groups in total. The Bertz CT molecular complexity index is 646. The summed E-state index contributed by atoms with van der Waals surface area (Å²) in [6.45, 7) is 0. The maximum atomic E-state index is 11.2. The first-order valence-electron chi connectivity index (χ1n) is 4.58. The maximum Gasteiger partial charge on any atom is 0.253 e. The fourth-order valence-corrected chi connectivity index (χ4v) is 1.94. The molecule has 0 saturated heterocycles. The Kier molecular flexibility index (Phi) is 3.07. The summed E-state index contributed by atoms with van der Waals surface area (Å²) in [5, 5.41) is 9.65. The number of H-pyrrole nitrogens is 1. The molecule has 0 bridgehead atoms. The number of pyridine rings is 1. The third-order valence-electron chi connectivity index (χ3n) is 1.80. The lowest BCUT2D eigenvalue weighted by molar-refractivity contribution is 0.940. The number of aromatic amines is 1. The van der Waals surface area contributed by atoms with Crippen LogP contribution in [0, 0.1) is 11.3 Å². The van der Waals surface area contributed by atoms with E-state index < -0.39 is 0 Å². The smallest absolute Gasteiger partial charge is 0.253 e. The lowest BCUT2D eigenvalue weighted by atomic mass is 10.3. The average Bonchev–Trinajstić information content (AvgIpc) is 2.28. The highest BCUT2D eigenvalue weighted by molar-refractivity contribution is 7.99. The third-order valence-corrected chi connectivity index (χ3v) is 2.62. The molecular formula is C10H7N5OS. The second-order valence-corrected chi connectivity index (χ2v) is 4.08. The summed E-state index contributed by atoms with van der Waals surface area (Å²) in [4.78, 5) is 21.7. The Hall–Kier alpha value is -2.33. The zero-order valence-corrected chi connectivity index (χ0v) is 9.36. The number of hydrogen-bond donors (Lipinski definition) is 2. The summed E-state index contributed by atoms with van der Waals surface area (Å²) in [5.41, 5.74) is 5.62. The quantitative estimate of drug-likeness (QED) is 0.756. The first kappa shape index (κ1) is 11.2. The lowest BCUT2D eigenvalue weighted by Crippen LogP contribution is -2.09. The lowest BCUT2D eigenvalue weighted by Gasteiger charge is -2.00. The molecule has 0 aliphatic rings. The summed E-state index contributed by atoms with van der Waals surface area (Å²) >= 11 is 1.14. The molecule has 17 heavy (non-hydrogen) atoms. The van der Waals surface area contributed by atoms with Gasteiger partial charge < -0.3 is 10.7 Å². The van der Waals surface area contributed by atoms with Gasteiger partial charge in [0.05, 0.1) is 11.6 Å². The Labute approximate surface area is 101 Å². The van der Waals surface area contributed by atoms with Crippen LogP contribution in [-0.4, -0.2) is 15.0 Å². The number of nitrogen functional groups attached to an aromatic ring is 1. The van der Waals surface area contributed by atoms with Gasteiger partial charge in [-0.1, -0.05) is 0 Å². The highest BCUT2D eigenvalue weighted by atomic mass is 32.2. The Morgan fingerprint density at radius 3 is 3.00 bits per heavy atom. The molecule has 0 unspecified atom stereocenters. The maximum absolute atomic E-state index is 11.2. The fourth-order valence-electron chi connectivity index (χ4n) is 1.14. The van der Waals surface area contributed by atoms with E-state index in [1.54, 1.807) is 12.1 Å². The van der Waals surface area contributed by atoms with Gasteiger partial charge in [0.25, 0.3) is 5.56 Å². The zero-order valence-electron chi connectivity index (χ0n) is 8.54. The van der Waals surface area contributed by atoms with Crippen molar-refractivity contribution in [3.8, 4) is 6.07 Å². The van der Waals surface area contributed by atoms with Gasteiger partial charge in [-0.15, -0.1) is 0 Å². The second-order valence-electron chi connectivity index (χ2n) is 3.07. The van der Waals surface area contributed by atoms with Crippen LogP contribution in [0.1, 0.15) is 5.56 Å². The standard InChI is InChI=1S/C10H7N5OS/c11-5-6-1-2-13-9(3-6)17-10-14-7(12)4-8(16)15-10/h1-4H,(H3,12,14,15,16). The predicted molar refractivity (Wildman–Crippen MR) is 62.3 cm³/mol. The minimum absolute atomic E-state index is 0.146. The van der Waals surface area contributed by atoms with E-state index in [0.29, 0.717) is 15.7 Å². The van der Waals surface area contributed by atoms with Crippen molar-refractivity contribution in [2.24, 2.45) is 0 Å². The first-order valence-corrected chi connectivity index (χ1v) is 5.40. The monoisotopic (exact) mass is 245 g/mol. The largest absolute Gasteiger partial charge is 0.383 e. The van der Waals surface area contributed by atoms with Crippen LogP contribution < -0.4 is 11.3 Å². The van der Waals surface area contributed by atoms with Gasteiger partial charge in [-0.25, -0.2) is 9.97 Å². The molecule has 7 heteroatoms. The molecule has 0 atom stereocenters. The number of nitriles is 1. The van der Waals surface area contributed by atoms with Gasteiger partial charge >= 0.3 is 0 Å². The summed E-state index contributed by atoms with van der Waals surface area (Å²) in [6.07, 6.45) is 1.52. The van der Waals surface area contributed by atoms with Crippen LogP contribution in [0.5, 0.6) is 0 Å². The van der Waals surface area contributed by atoms with E-state index in [0.717, 1.165) is 11.8 Å². The molecule has 0 aliphatic carbocycles. The number of rotatable bonds is 2. The van der Waals surface area contributed by atoms with Crippen molar-refractivity contribution in [1.82, 2.24) is 15.0 Å². The van der Waals surface area contributed by atoms with Crippen LogP contribution >= 0.6 is 11.8 Å². The predicted octanol–water partition coefficient (Wildman–Crippen LogP) is 0.770. The second kappa shape index (κ2) is 4.67. The first-order chi connectivity index (χ1) is 8.17. The van der Waals surface area contributed by atoms with E-state index in [2.05, 4.69) is 15.0 Å². The van der Waals surface area contributed by atoms with E-state index in [1.165, 1.54) is 12.3 Å². The number of aromatic nitrogens is 3. The summed E-state index contributed by atoms with van der Waals surface area (Å²) in [7, 11) is 0. The normalized spacial score (nSPS) is 9.82. The van der Waals surface area contributed by atoms with E-state index in [1.807, 2.05) is 6.07 Å². The molecule has 0 aliphatic heterocycles. The van der Waals surface area contributed by atoms with Gasteiger partial charge in [0.15, 0.2) is 5.16 Å². The molecule has 6 nitrogen and oxygen atoms in total. The Morgan fingerprint density at radius 1 is 1.47 bits per heavy atom. The molecule has 0 fully saturated rings. The molecule has 0 spiro atoms. The minimum Gasteiger partial charge on any atom is -0.383 e. The molecule has 2 heterocycles. The van der Waals surface area contributed by atoms with Gasteiger partial charge in [0.1, 0.15) is 10.8 Å². The van der Waals surface area contributed by atoms with Crippen LogP contribution in [0.4, 0.5) is 5.82 Å². The van der Waals surface area contributed by atoms with Gasteiger partial charge in [0, 0.05) is 12.3 Å². The molecule has 0 amide bonds. The summed E-state index contributed by atoms with van der Waals surface area (Å²) in [6, 6.07) is 6.40.